The quantitative estimate of drug-likeness (QED) is 0.0942. The van der Waals surface area contributed by atoms with E-state index in [1.807, 2.05) is 0 Å². The van der Waals surface area contributed by atoms with Crippen molar-refractivity contribution >= 4 is 68.7 Å². The van der Waals surface area contributed by atoms with E-state index < -0.39 is 35.4 Å². The molecule has 0 radical (unpaired) electrons. The maximum atomic E-state index is 13.0. The number of nitrogens with one attached hydrogen (secondary N) is 1. The van der Waals surface area contributed by atoms with E-state index in [-0.39, 0.29) is 33.8 Å². The molecule has 36 heavy (non-hydrogen) atoms. The van der Waals surface area contributed by atoms with Crippen LogP contribution in [0, 0.1) is 0 Å². The molecule has 10 N–H and O–H groups in total. The number of nitrogen functional groups attached to an aromatic ring is 1. The predicted octanol–water partition coefficient (Wildman–Crippen LogP) is -1.82. The Balaban J connectivity index is 1.49. The fraction of sp³-hybridized carbons (Fsp3) is 0.333. The third-order valence-electron chi connectivity index (χ3n) is 5.18. The monoisotopic (exact) mass is 554 g/mol. The highest BCUT2D eigenvalue weighted by molar-refractivity contribution is 8.14. The SMILES string of the molecule is CO/N=C(\C(=O)NC1C(=O)N2C(C(=O)O)=C(CSC3=NC(N)=CC(N)N3N)CS[C@@H]12)c1csc(N)n1. The van der Waals surface area contributed by atoms with Crippen LogP contribution in [0.3, 0.4) is 0 Å². The first kappa shape index (κ1) is 25.8. The Morgan fingerprint density at radius 3 is 2.81 bits per heavy atom. The number of nitrogens with two attached hydrogens (primary N) is 4. The van der Waals surface area contributed by atoms with E-state index in [0.29, 0.717) is 16.5 Å². The molecule has 1 aromatic rings. The topological polar surface area (TPSA) is 241 Å². The van der Waals surface area contributed by atoms with Crippen LogP contribution in [0.4, 0.5) is 5.13 Å². The number of thiazole rings is 1. The maximum Gasteiger partial charge on any atom is 0.352 e. The number of carboxylic acids is 1. The van der Waals surface area contributed by atoms with Crippen molar-refractivity contribution in [3.8, 4) is 0 Å². The number of thioether (sulfide) groups is 2. The molecule has 15 nitrogen and oxygen atoms in total. The summed E-state index contributed by atoms with van der Waals surface area (Å²) in [4.78, 5) is 51.9. The average molecular weight is 555 g/mol. The van der Waals surface area contributed by atoms with E-state index in [1.54, 1.807) is 0 Å². The molecule has 1 aromatic heterocycles. The number of rotatable bonds is 7. The number of carboxylic acid groups (broad SMARTS) is 1. The summed E-state index contributed by atoms with van der Waals surface area (Å²) >= 11 is 3.58. The highest BCUT2D eigenvalue weighted by atomic mass is 32.2. The fourth-order valence-electron chi connectivity index (χ4n) is 3.54. The Labute approximate surface area is 216 Å². The van der Waals surface area contributed by atoms with Crippen LogP contribution in [0.25, 0.3) is 0 Å². The van der Waals surface area contributed by atoms with Gasteiger partial charge in [-0.3, -0.25) is 19.5 Å². The summed E-state index contributed by atoms with van der Waals surface area (Å²) in [7, 11) is 1.26. The zero-order valence-electron chi connectivity index (χ0n) is 18.7. The van der Waals surface area contributed by atoms with Gasteiger partial charge in [0.25, 0.3) is 11.8 Å². The molecule has 0 saturated carbocycles. The minimum Gasteiger partial charge on any atom is -0.477 e. The number of oxime groups is 1. The largest absolute Gasteiger partial charge is 0.477 e. The van der Waals surface area contributed by atoms with Gasteiger partial charge in [-0.05, 0) is 11.6 Å². The molecule has 18 heteroatoms. The smallest absolute Gasteiger partial charge is 0.352 e. The zero-order valence-corrected chi connectivity index (χ0v) is 21.1. The highest BCUT2D eigenvalue weighted by Crippen LogP contribution is 2.41. The van der Waals surface area contributed by atoms with Gasteiger partial charge >= 0.3 is 5.97 Å². The number of aromatic nitrogens is 1. The first-order valence-electron chi connectivity index (χ1n) is 10.1. The molecule has 0 spiro atoms. The Bertz CT molecular complexity index is 1230. The number of nitrogens with zero attached hydrogens (tertiary/aromatic N) is 5. The second-order valence-corrected chi connectivity index (χ2v) is 10.4. The van der Waals surface area contributed by atoms with E-state index in [0.717, 1.165) is 28.0 Å². The van der Waals surface area contributed by atoms with Gasteiger partial charge in [-0.15, -0.1) is 23.1 Å². The minimum atomic E-state index is -1.26. The number of carbonyl (C=O) groups is 3. The van der Waals surface area contributed by atoms with E-state index in [4.69, 9.17) is 27.9 Å². The second-order valence-electron chi connectivity index (χ2n) is 7.48. The van der Waals surface area contributed by atoms with Gasteiger partial charge in [0.05, 0.1) is 0 Å². The van der Waals surface area contributed by atoms with Crippen LogP contribution < -0.4 is 28.4 Å². The first-order chi connectivity index (χ1) is 17.1. The van der Waals surface area contributed by atoms with E-state index >= 15 is 0 Å². The Hall–Kier alpha value is -3.32. The number of β-lactam (4-membered cyclic amide) rings is 1. The van der Waals surface area contributed by atoms with Crippen molar-refractivity contribution < 1.29 is 24.3 Å². The van der Waals surface area contributed by atoms with Gasteiger partial charge in [0.15, 0.2) is 16.0 Å². The first-order valence-corrected chi connectivity index (χ1v) is 13.1. The molecule has 3 aliphatic heterocycles. The summed E-state index contributed by atoms with van der Waals surface area (Å²) in [5, 5.41) is 18.8. The summed E-state index contributed by atoms with van der Waals surface area (Å²) in [5.41, 5.74) is 17.6. The number of aliphatic imine (C=N–C) groups is 1. The lowest BCUT2D eigenvalue weighted by molar-refractivity contribution is -0.150. The Morgan fingerprint density at radius 2 is 2.17 bits per heavy atom. The molecule has 3 atom stereocenters. The molecule has 3 aliphatic rings. The molecule has 4 rings (SSSR count). The molecule has 2 unspecified atom stereocenters. The van der Waals surface area contributed by atoms with Gasteiger partial charge in [0.2, 0.25) is 0 Å². The van der Waals surface area contributed by atoms with Crippen molar-refractivity contribution in [2.45, 2.75) is 17.6 Å². The van der Waals surface area contributed by atoms with E-state index in [1.165, 1.54) is 35.3 Å². The number of fused-ring (bicyclic) bond motifs is 1. The molecule has 4 heterocycles. The lowest BCUT2D eigenvalue weighted by Crippen LogP contribution is -2.71. The number of hydrogen-bond acceptors (Lipinski definition) is 15. The van der Waals surface area contributed by atoms with Crippen LogP contribution >= 0.6 is 34.9 Å². The van der Waals surface area contributed by atoms with Gasteiger partial charge in [0.1, 0.15) is 41.9 Å². The standard InChI is InChI=1S/C18H22N10O5S3/c1-33-26-10(7-5-35-17(21)23-7)13(29)25-11-14(30)27-12(16(31)32)6(3-34-15(11)27)4-36-18-24-8(19)2-9(20)28(18)22/h2,5,9,11,15H,3-4,19-20,22H2,1H3,(H2,21,23)(H,25,29)(H,31,32)/b26-10-/t9?,11?,15-/m0/s1. The summed E-state index contributed by atoms with van der Waals surface area (Å²) < 4.78 is 0. The molecular formula is C18H22N10O5S3. The van der Waals surface area contributed by atoms with Gasteiger partial charge in [-0.2, -0.15) is 0 Å². The zero-order chi connectivity index (χ0) is 26.1. The van der Waals surface area contributed by atoms with Gasteiger partial charge < -0.3 is 32.5 Å². The van der Waals surface area contributed by atoms with Crippen molar-refractivity contribution in [2.75, 3.05) is 24.3 Å². The van der Waals surface area contributed by atoms with Crippen LogP contribution in [0.15, 0.2) is 38.7 Å². The van der Waals surface area contributed by atoms with Crippen LogP contribution in [0.2, 0.25) is 0 Å². The Morgan fingerprint density at radius 1 is 1.42 bits per heavy atom. The molecule has 2 amide bonds. The van der Waals surface area contributed by atoms with Gasteiger partial charge in [-0.25, -0.2) is 20.6 Å². The summed E-state index contributed by atoms with van der Waals surface area (Å²) in [6, 6.07) is -0.964. The lowest BCUT2D eigenvalue weighted by atomic mass is 10.0. The van der Waals surface area contributed by atoms with E-state index in [2.05, 4.69) is 20.4 Å². The molecular weight excluding hydrogens is 532 g/mol. The molecule has 0 aliphatic carbocycles. The molecule has 1 saturated heterocycles. The maximum absolute atomic E-state index is 13.0. The molecule has 0 aromatic carbocycles. The van der Waals surface area contributed by atoms with Crippen molar-refractivity contribution in [2.24, 2.45) is 27.5 Å². The minimum absolute atomic E-state index is 0.146. The third-order valence-corrected chi connectivity index (χ3v) is 8.25. The molecule has 1 fully saturated rings. The van der Waals surface area contributed by atoms with Crippen LogP contribution in [0.1, 0.15) is 5.69 Å². The molecule has 192 valence electrons. The third kappa shape index (κ3) is 4.85. The molecule has 0 bridgehead atoms. The lowest BCUT2D eigenvalue weighted by Gasteiger charge is -2.49. The number of carbonyl (C=O) groups excluding carboxylic acids is 2. The highest BCUT2D eigenvalue weighted by Gasteiger charge is 2.54. The number of aliphatic carboxylic acids is 1. The van der Waals surface area contributed by atoms with Crippen molar-refractivity contribution in [1.82, 2.24) is 20.2 Å². The Kier molecular flexibility index (Phi) is 7.41. The number of amides is 2. The van der Waals surface area contributed by atoms with Gasteiger partial charge in [0, 0.05) is 16.9 Å². The van der Waals surface area contributed by atoms with Crippen molar-refractivity contribution in [1.29, 1.82) is 0 Å². The van der Waals surface area contributed by atoms with Crippen LogP contribution in [-0.2, 0) is 19.2 Å². The number of hydrazine groups is 1. The summed E-state index contributed by atoms with van der Waals surface area (Å²) in [6.45, 7) is 0. The summed E-state index contributed by atoms with van der Waals surface area (Å²) in [5.74, 6) is 4.06. The predicted molar refractivity (Wildman–Crippen MR) is 136 cm³/mol. The van der Waals surface area contributed by atoms with E-state index in [9.17, 15) is 19.5 Å². The average Bonchev–Trinajstić information content (AvgIpc) is 3.26. The van der Waals surface area contributed by atoms with Crippen molar-refractivity contribution in [3.63, 3.8) is 0 Å². The number of amidine groups is 1. The second kappa shape index (κ2) is 10.3. The number of anilines is 1. The van der Waals surface area contributed by atoms with Gasteiger partial charge in [-0.1, -0.05) is 16.9 Å². The van der Waals surface area contributed by atoms with Crippen LogP contribution in [-0.4, -0.2) is 84.9 Å². The normalized spacial score (nSPS) is 24.0. The number of hydrogen-bond donors (Lipinski definition) is 6. The van der Waals surface area contributed by atoms with Crippen LogP contribution in [0.5, 0.6) is 0 Å². The fourth-order valence-corrected chi connectivity index (χ4v) is 6.55. The van der Waals surface area contributed by atoms with Crippen molar-refractivity contribution in [3.05, 3.63) is 34.2 Å². The summed E-state index contributed by atoms with van der Waals surface area (Å²) in [6.07, 6.45) is 0.809.